The molecule has 2 rings (SSSR count). The van der Waals surface area contributed by atoms with E-state index in [9.17, 15) is 0 Å². The van der Waals surface area contributed by atoms with Crippen molar-refractivity contribution >= 4 is 23.2 Å². The normalized spacial score (nSPS) is 10.9. The molecule has 0 unspecified atom stereocenters. The van der Waals surface area contributed by atoms with Crippen molar-refractivity contribution in [2.24, 2.45) is 0 Å². The van der Waals surface area contributed by atoms with Gasteiger partial charge in [-0.3, -0.25) is 9.88 Å². The zero-order chi connectivity index (χ0) is 13.7. The van der Waals surface area contributed by atoms with Gasteiger partial charge < -0.3 is 0 Å². The Balaban J connectivity index is 2.09. The average molecular weight is 295 g/mol. The number of halogens is 2. The Morgan fingerprint density at radius 1 is 1.05 bits per heavy atom. The second-order valence-corrected chi connectivity index (χ2v) is 5.16. The molecule has 19 heavy (non-hydrogen) atoms. The molecule has 0 fully saturated rings. The van der Waals surface area contributed by atoms with Crippen LogP contribution in [0.3, 0.4) is 0 Å². The largest absolute Gasteiger partial charge is 0.295 e. The summed E-state index contributed by atoms with van der Waals surface area (Å²) in [5.41, 5.74) is 2.31. The maximum absolute atomic E-state index is 6.23. The van der Waals surface area contributed by atoms with E-state index in [1.807, 2.05) is 42.7 Å². The van der Waals surface area contributed by atoms with Crippen molar-refractivity contribution < 1.29 is 0 Å². The summed E-state index contributed by atoms with van der Waals surface area (Å²) < 4.78 is 0. The topological polar surface area (TPSA) is 16.1 Å². The van der Waals surface area contributed by atoms with Gasteiger partial charge in [0.1, 0.15) is 0 Å². The van der Waals surface area contributed by atoms with Crippen molar-refractivity contribution in [3.63, 3.8) is 0 Å². The minimum atomic E-state index is 0.610. The van der Waals surface area contributed by atoms with E-state index >= 15 is 0 Å². The van der Waals surface area contributed by atoms with Gasteiger partial charge in [-0.1, -0.05) is 42.3 Å². The molecule has 1 aromatic heterocycles. The van der Waals surface area contributed by atoms with E-state index in [1.54, 1.807) is 0 Å². The summed E-state index contributed by atoms with van der Waals surface area (Å²) >= 11 is 12.3. The Kier molecular flexibility index (Phi) is 5.20. The van der Waals surface area contributed by atoms with Crippen LogP contribution in [0.25, 0.3) is 0 Å². The number of benzene rings is 1. The van der Waals surface area contributed by atoms with Gasteiger partial charge in [-0.05, 0) is 35.9 Å². The first-order chi connectivity index (χ1) is 9.20. The SMILES string of the molecule is CCN(Cc1ccncc1)Cc1cccc(Cl)c1Cl. The van der Waals surface area contributed by atoms with Crippen LogP contribution in [0, 0.1) is 0 Å². The first-order valence-corrected chi connectivity index (χ1v) is 7.00. The van der Waals surface area contributed by atoms with Crippen molar-refractivity contribution in [1.29, 1.82) is 0 Å². The molecule has 2 aromatic rings. The Hall–Kier alpha value is -1.09. The highest BCUT2D eigenvalue weighted by atomic mass is 35.5. The Morgan fingerprint density at radius 3 is 2.47 bits per heavy atom. The number of hydrogen-bond donors (Lipinski definition) is 0. The molecule has 1 aromatic carbocycles. The third kappa shape index (κ3) is 3.93. The summed E-state index contributed by atoms with van der Waals surface area (Å²) in [5, 5.41) is 1.26. The van der Waals surface area contributed by atoms with Crippen molar-refractivity contribution in [3.05, 3.63) is 63.9 Å². The maximum Gasteiger partial charge on any atom is 0.0637 e. The number of aromatic nitrogens is 1. The fourth-order valence-electron chi connectivity index (χ4n) is 1.94. The summed E-state index contributed by atoms with van der Waals surface area (Å²) in [7, 11) is 0. The molecule has 0 radical (unpaired) electrons. The lowest BCUT2D eigenvalue weighted by molar-refractivity contribution is 0.271. The van der Waals surface area contributed by atoms with Gasteiger partial charge >= 0.3 is 0 Å². The van der Waals surface area contributed by atoms with E-state index < -0.39 is 0 Å². The third-order valence-electron chi connectivity index (χ3n) is 3.03. The second-order valence-electron chi connectivity index (χ2n) is 4.37. The summed E-state index contributed by atoms with van der Waals surface area (Å²) in [5.74, 6) is 0. The Labute approximate surface area is 124 Å². The molecule has 4 heteroatoms. The van der Waals surface area contributed by atoms with Crippen LogP contribution in [0.15, 0.2) is 42.7 Å². The first kappa shape index (κ1) is 14.3. The molecule has 0 saturated carbocycles. The van der Waals surface area contributed by atoms with E-state index in [0.717, 1.165) is 25.2 Å². The van der Waals surface area contributed by atoms with Crippen LogP contribution in [-0.4, -0.2) is 16.4 Å². The molecule has 0 N–H and O–H groups in total. The van der Waals surface area contributed by atoms with E-state index in [1.165, 1.54) is 5.56 Å². The monoisotopic (exact) mass is 294 g/mol. The number of pyridine rings is 1. The summed E-state index contributed by atoms with van der Waals surface area (Å²) in [6.07, 6.45) is 3.63. The number of nitrogens with zero attached hydrogens (tertiary/aromatic N) is 2. The minimum absolute atomic E-state index is 0.610. The molecule has 100 valence electrons. The molecular weight excluding hydrogens is 279 g/mol. The summed E-state index contributed by atoms with van der Waals surface area (Å²) in [4.78, 5) is 6.34. The Bertz CT molecular complexity index is 529. The zero-order valence-electron chi connectivity index (χ0n) is 10.8. The van der Waals surface area contributed by atoms with Gasteiger partial charge in [0.15, 0.2) is 0 Å². The van der Waals surface area contributed by atoms with E-state index in [-0.39, 0.29) is 0 Å². The minimum Gasteiger partial charge on any atom is -0.295 e. The fraction of sp³-hybridized carbons (Fsp3) is 0.267. The standard InChI is InChI=1S/C15H16Cl2N2/c1-2-19(10-12-6-8-18-9-7-12)11-13-4-3-5-14(16)15(13)17/h3-9H,2,10-11H2,1H3. The molecule has 0 aliphatic heterocycles. The van der Waals surface area contributed by atoms with Crippen molar-refractivity contribution in [3.8, 4) is 0 Å². The van der Waals surface area contributed by atoms with Crippen LogP contribution in [0.5, 0.6) is 0 Å². The molecule has 0 spiro atoms. The summed E-state index contributed by atoms with van der Waals surface area (Å²) in [6.45, 7) is 4.75. The molecule has 1 heterocycles. The lowest BCUT2D eigenvalue weighted by Gasteiger charge is -2.21. The number of hydrogen-bond acceptors (Lipinski definition) is 2. The molecule has 0 amide bonds. The van der Waals surface area contributed by atoms with Gasteiger partial charge in [-0.15, -0.1) is 0 Å². The van der Waals surface area contributed by atoms with Gasteiger partial charge in [0.05, 0.1) is 10.0 Å². The van der Waals surface area contributed by atoms with Crippen LogP contribution in [-0.2, 0) is 13.1 Å². The highest BCUT2D eigenvalue weighted by Crippen LogP contribution is 2.26. The number of rotatable bonds is 5. The molecule has 0 aliphatic carbocycles. The first-order valence-electron chi connectivity index (χ1n) is 6.25. The van der Waals surface area contributed by atoms with Gasteiger partial charge in [0.25, 0.3) is 0 Å². The maximum atomic E-state index is 6.23. The van der Waals surface area contributed by atoms with Gasteiger partial charge in [0.2, 0.25) is 0 Å². The molecule has 0 bridgehead atoms. The second kappa shape index (κ2) is 6.90. The Morgan fingerprint density at radius 2 is 1.79 bits per heavy atom. The van der Waals surface area contributed by atoms with Crippen molar-refractivity contribution in [2.45, 2.75) is 20.0 Å². The van der Waals surface area contributed by atoms with Crippen LogP contribution in [0.1, 0.15) is 18.1 Å². The van der Waals surface area contributed by atoms with Crippen molar-refractivity contribution in [2.75, 3.05) is 6.54 Å². The van der Waals surface area contributed by atoms with E-state index in [4.69, 9.17) is 23.2 Å². The lowest BCUT2D eigenvalue weighted by atomic mass is 10.2. The fourth-order valence-corrected chi connectivity index (χ4v) is 2.32. The predicted octanol–water partition coefficient (Wildman–Crippen LogP) is 4.41. The van der Waals surface area contributed by atoms with Crippen LogP contribution in [0.4, 0.5) is 0 Å². The molecule has 0 aliphatic rings. The highest BCUT2D eigenvalue weighted by molar-refractivity contribution is 6.42. The lowest BCUT2D eigenvalue weighted by Crippen LogP contribution is -2.22. The molecule has 0 saturated heterocycles. The van der Waals surface area contributed by atoms with Gasteiger partial charge in [0, 0.05) is 25.5 Å². The summed E-state index contributed by atoms with van der Waals surface area (Å²) in [6, 6.07) is 9.82. The van der Waals surface area contributed by atoms with Crippen LogP contribution in [0.2, 0.25) is 10.0 Å². The average Bonchev–Trinajstić information content (AvgIpc) is 2.44. The third-order valence-corrected chi connectivity index (χ3v) is 3.89. The van der Waals surface area contributed by atoms with Crippen LogP contribution >= 0.6 is 23.2 Å². The predicted molar refractivity (Wildman–Crippen MR) is 80.5 cm³/mol. The highest BCUT2D eigenvalue weighted by Gasteiger charge is 2.09. The quantitative estimate of drug-likeness (QED) is 0.812. The van der Waals surface area contributed by atoms with Gasteiger partial charge in [-0.25, -0.2) is 0 Å². The molecular formula is C15H16Cl2N2. The molecule has 0 atom stereocenters. The smallest absolute Gasteiger partial charge is 0.0637 e. The van der Waals surface area contributed by atoms with E-state index in [0.29, 0.717) is 10.0 Å². The molecule has 2 nitrogen and oxygen atoms in total. The zero-order valence-corrected chi connectivity index (χ0v) is 12.3. The van der Waals surface area contributed by atoms with Gasteiger partial charge in [-0.2, -0.15) is 0 Å². The van der Waals surface area contributed by atoms with Crippen molar-refractivity contribution in [1.82, 2.24) is 9.88 Å². The van der Waals surface area contributed by atoms with E-state index in [2.05, 4.69) is 16.8 Å². The van der Waals surface area contributed by atoms with Crippen LogP contribution < -0.4 is 0 Å².